The van der Waals surface area contributed by atoms with Gasteiger partial charge in [-0.2, -0.15) is 8.78 Å². The highest BCUT2D eigenvalue weighted by atomic mass is 32.2. The van der Waals surface area contributed by atoms with Gasteiger partial charge in [-0.3, -0.25) is 4.79 Å². The maximum Gasteiger partial charge on any atom is 0.289 e. The van der Waals surface area contributed by atoms with Crippen LogP contribution >= 0.6 is 11.8 Å². The van der Waals surface area contributed by atoms with Gasteiger partial charge in [-0.25, -0.2) is 0 Å². The summed E-state index contributed by atoms with van der Waals surface area (Å²) in [5.41, 5.74) is 3.13. The summed E-state index contributed by atoms with van der Waals surface area (Å²) in [6.45, 7) is 5.51. The molecule has 30 heavy (non-hydrogen) atoms. The van der Waals surface area contributed by atoms with Crippen molar-refractivity contribution in [1.82, 2.24) is 4.57 Å². The summed E-state index contributed by atoms with van der Waals surface area (Å²) in [7, 11) is 2.97. The summed E-state index contributed by atoms with van der Waals surface area (Å²) in [4.78, 5) is 12.7. The van der Waals surface area contributed by atoms with Crippen LogP contribution in [0.25, 0.3) is 11.3 Å². The first-order valence-electron chi connectivity index (χ1n) is 9.56. The number of halogens is 2. The maximum atomic E-state index is 12.9. The van der Waals surface area contributed by atoms with Gasteiger partial charge < -0.3 is 23.5 Å². The molecule has 164 valence electrons. The fraction of sp³-hybridized carbons (Fsp3) is 0.476. The van der Waals surface area contributed by atoms with E-state index in [9.17, 15) is 13.6 Å². The minimum absolute atomic E-state index is 0.156. The van der Waals surface area contributed by atoms with Gasteiger partial charge in [0.1, 0.15) is 11.5 Å². The Labute approximate surface area is 178 Å². The number of benzene rings is 1. The second-order valence-corrected chi connectivity index (χ2v) is 7.72. The van der Waals surface area contributed by atoms with E-state index >= 15 is 0 Å². The third-order valence-corrected chi connectivity index (χ3v) is 5.70. The Bertz CT molecular complexity index is 932. The van der Waals surface area contributed by atoms with E-state index in [-0.39, 0.29) is 5.56 Å². The molecule has 0 radical (unpaired) electrons. The van der Waals surface area contributed by atoms with Gasteiger partial charge in [-0.1, -0.05) is 11.8 Å². The fourth-order valence-electron chi connectivity index (χ4n) is 3.56. The van der Waals surface area contributed by atoms with Crippen LogP contribution in [0.1, 0.15) is 11.1 Å². The molecule has 6 nitrogen and oxygen atoms in total. The van der Waals surface area contributed by atoms with E-state index in [4.69, 9.17) is 18.9 Å². The van der Waals surface area contributed by atoms with Crippen molar-refractivity contribution < 1.29 is 27.7 Å². The van der Waals surface area contributed by atoms with Crippen LogP contribution in [0.4, 0.5) is 8.78 Å². The Morgan fingerprint density at radius 3 is 2.20 bits per heavy atom. The number of hydrogen-bond donors (Lipinski definition) is 0. The van der Waals surface area contributed by atoms with Crippen LogP contribution in [0.3, 0.4) is 0 Å². The Hall–Kier alpha value is -2.10. The van der Waals surface area contributed by atoms with Crippen LogP contribution < -0.4 is 15.0 Å². The number of rotatable bonds is 4. The molecule has 1 saturated heterocycles. The quantitative estimate of drug-likeness (QED) is 0.674. The number of ether oxygens (including phenoxy) is 4. The van der Waals surface area contributed by atoms with Crippen LogP contribution in [0.5, 0.6) is 11.5 Å². The molecule has 0 unspecified atom stereocenters. The zero-order chi connectivity index (χ0) is 21.7. The molecule has 0 spiro atoms. The lowest BCUT2D eigenvalue weighted by molar-refractivity contribution is -0.0334. The van der Waals surface area contributed by atoms with Gasteiger partial charge in [0.2, 0.25) is 0 Å². The SMILES string of the molecule is C1COCCO1.COc1cc2c(cc1SC(F)F)-c1c(C)c(OC)cc(=O)n1CC2. The molecule has 0 bridgehead atoms. The van der Waals surface area contributed by atoms with E-state index in [0.717, 1.165) is 48.8 Å². The standard InChI is InChI=1S/C17H17F2NO3S.C4H8O2/c1-9-12(22-2)8-15(21)20-5-4-10-6-13(23-3)14(24-17(18)19)7-11(10)16(9)20;1-2-6-4-3-5-1/h6-8,17H,4-5H2,1-3H3;1-4H2. The third-order valence-electron chi connectivity index (χ3n) is 4.94. The number of nitrogens with zero attached hydrogens (tertiary/aromatic N) is 1. The summed E-state index contributed by atoms with van der Waals surface area (Å²) in [5, 5.41) is 0. The summed E-state index contributed by atoms with van der Waals surface area (Å²) >= 11 is 0.440. The molecule has 1 fully saturated rings. The second-order valence-electron chi connectivity index (χ2n) is 6.69. The van der Waals surface area contributed by atoms with Crippen molar-refractivity contribution in [1.29, 1.82) is 0 Å². The molecule has 3 heterocycles. The highest BCUT2D eigenvalue weighted by Crippen LogP contribution is 2.42. The number of aryl methyl sites for hydroxylation is 1. The van der Waals surface area contributed by atoms with Crippen molar-refractivity contribution in [3.8, 4) is 22.8 Å². The highest BCUT2D eigenvalue weighted by Gasteiger charge is 2.24. The molecule has 1 aromatic carbocycles. The lowest BCUT2D eigenvalue weighted by Gasteiger charge is -2.26. The lowest BCUT2D eigenvalue weighted by Crippen LogP contribution is -2.26. The van der Waals surface area contributed by atoms with E-state index in [1.165, 1.54) is 20.3 Å². The van der Waals surface area contributed by atoms with Gasteiger partial charge in [0.05, 0.1) is 51.2 Å². The van der Waals surface area contributed by atoms with Crippen molar-refractivity contribution in [3.05, 3.63) is 39.7 Å². The number of alkyl halides is 2. The van der Waals surface area contributed by atoms with E-state index in [2.05, 4.69) is 0 Å². The normalized spacial score (nSPS) is 15.0. The molecule has 2 aromatic rings. The molecule has 9 heteroatoms. The van der Waals surface area contributed by atoms with Crippen molar-refractivity contribution in [3.63, 3.8) is 0 Å². The Morgan fingerprint density at radius 2 is 1.67 bits per heavy atom. The van der Waals surface area contributed by atoms with E-state index < -0.39 is 5.76 Å². The highest BCUT2D eigenvalue weighted by molar-refractivity contribution is 7.99. The van der Waals surface area contributed by atoms with Crippen molar-refractivity contribution in [2.24, 2.45) is 0 Å². The number of fused-ring (bicyclic) bond motifs is 3. The minimum atomic E-state index is -2.55. The average molecular weight is 441 g/mol. The Morgan fingerprint density at radius 1 is 1.03 bits per heavy atom. The van der Waals surface area contributed by atoms with Crippen molar-refractivity contribution >= 4 is 11.8 Å². The first-order chi connectivity index (χ1) is 14.5. The van der Waals surface area contributed by atoms with Crippen LogP contribution in [-0.2, 0) is 22.4 Å². The Balaban J connectivity index is 0.000000367. The van der Waals surface area contributed by atoms with Crippen molar-refractivity contribution in [2.45, 2.75) is 30.5 Å². The number of aromatic nitrogens is 1. The summed E-state index contributed by atoms with van der Waals surface area (Å²) in [5.74, 6) is -1.62. The molecule has 0 atom stereocenters. The predicted molar refractivity (Wildman–Crippen MR) is 111 cm³/mol. The number of thioether (sulfide) groups is 1. The number of pyridine rings is 1. The molecular formula is C21H25F2NO5S. The van der Waals surface area contributed by atoms with Crippen LogP contribution in [0.15, 0.2) is 27.9 Å². The molecule has 0 N–H and O–H groups in total. The maximum absolute atomic E-state index is 12.9. The fourth-order valence-corrected chi connectivity index (χ4v) is 4.19. The largest absolute Gasteiger partial charge is 0.496 e. The molecule has 0 aliphatic carbocycles. The number of hydrogen-bond acceptors (Lipinski definition) is 6. The molecular weight excluding hydrogens is 416 g/mol. The molecule has 2 aliphatic rings. The van der Waals surface area contributed by atoms with Gasteiger partial charge in [0, 0.05) is 23.7 Å². The predicted octanol–water partition coefficient (Wildman–Crippen LogP) is 3.74. The first-order valence-corrected chi connectivity index (χ1v) is 10.4. The van der Waals surface area contributed by atoms with Crippen LogP contribution in [0, 0.1) is 6.92 Å². The van der Waals surface area contributed by atoms with Gasteiger partial charge >= 0.3 is 0 Å². The lowest BCUT2D eigenvalue weighted by atomic mass is 9.94. The van der Waals surface area contributed by atoms with Gasteiger partial charge in [0.15, 0.2) is 0 Å². The van der Waals surface area contributed by atoms with E-state index in [1.807, 2.05) is 6.92 Å². The monoisotopic (exact) mass is 441 g/mol. The molecule has 0 saturated carbocycles. The van der Waals surface area contributed by atoms with Gasteiger partial charge in [0.25, 0.3) is 11.3 Å². The second kappa shape index (κ2) is 10.3. The number of methoxy groups -OCH3 is 2. The molecule has 2 aliphatic heterocycles. The van der Waals surface area contributed by atoms with Gasteiger partial charge in [-0.15, -0.1) is 0 Å². The smallest absolute Gasteiger partial charge is 0.289 e. The molecule has 0 amide bonds. The first kappa shape index (κ1) is 22.6. The topological polar surface area (TPSA) is 58.9 Å². The van der Waals surface area contributed by atoms with Crippen molar-refractivity contribution in [2.75, 3.05) is 40.6 Å². The van der Waals surface area contributed by atoms with Crippen LogP contribution in [0.2, 0.25) is 0 Å². The summed E-state index contributed by atoms with van der Waals surface area (Å²) in [6.07, 6.45) is 0.643. The summed E-state index contributed by atoms with van der Waals surface area (Å²) in [6, 6.07) is 4.93. The average Bonchev–Trinajstić information content (AvgIpc) is 2.76. The van der Waals surface area contributed by atoms with Gasteiger partial charge in [-0.05, 0) is 31.0 Å². The third kappa shape index (κ3) is 4.96. The van der Waals surface area contributed by atoms with E-state index in [0.29, 0.717) is 41.1 Å². The minimum Gasteiger partial charge on any atom is -0.496 e. The molecule has 4 rings (SSSR count). The molecule has 1 aromatic heterocycles. The zero-order valence-electron chi connectivity index (χ0n) is 17.2. The van der Waals surface area contributed by atoms with Crippen LogP contribution in [-0.4, -0.2) is 51.0 Å². The van der Waals surface area contributed by atoms with E-state index in [1.54, 1.807) is 16.7 Å². The summed E-state index contributed by atoms with van der Waals surface area (Å²) < 4.78 is 47.8. The Kier molecular flexibility index (Phi) is 7.74. The zero-order valence-corrected chi connectivity index (χ0v) is 18.0.